The Morgan fingerprint density at radius 1 is 1.17 bits per heavy atom. The molecule has 0 aromatic heterocycles. The van der Waals surface area contributed by atoms with Crippen molar-refractivity contribution in [1.82, 2.24) is 0 Å². The quantitative estimate of drug-likeness (QED) is 0.561. The summed E-state index contributed by atoms with van der Waals surface area (Å²) in [4.78, 5) is 0. The van der Waals surface area contributed by atoms with E-state index in [4.69, 9.17) is 0 Å². The molecule has 0 spiro atoms. The Kier molecular flexibility index (Phi) is 6.96. The molecule has 0 rings (SSSR count). The first-order chi connectivity index (χ1) is 5.56. The molecule has 1 nitrogen and oxygen atoms in total. The molecule has 0 aliphatic rings. The summed E-state index contributed by atoms with van der Waals surface area (Å²) < 4.78 is 0. The van der Waals surface area contributed by atoms with Crippen molar-refractivity contribution < 1.29 is 5.11 Å². The van der Waals surface area contributed by atoms with E-state index >= 15 is 0 Å². The molecule has 0 unspecified atom stereocenters. The Morgan fingerprint density at radius 2 is 1.83 bits per heavy atom. The second kappa shape index (κ2) is 6.79. The first-order valence-electron chi connectivity index (χ1n) is 4.84. The standard InChI is InChI=1S/C10H21OS/c1-4-5-6-7-8-12-9-10(2,3)11/h4-9H2,1-3H3. The Morgan fingerprint density at radius 3 is 2.33 bits per heavy atom. The highest BCUT2D eigenvalue weighted by atomic mass is 32.2. The van der Waals surface area contributed by atoms with Crippen LogP contribution >= 0.6 is 11.8 Å². The zero-order chi connectivity index (χ0) is 9.45. The van der Waals surface area contributed by atoms with Crippen molar-refractivity contribution in [2.24, 2.45) is 0 Å². The van der Waals surface area contributed by atoms with Crippen LogP contribution in [0.15, 0.2) is 0 Å². The summed E-state index contributed by atoms with van der Waals surface area (Å²) in [5, 5.41) is 11.2. The van der Waals surface area contributed by atoms with Gasteiger partial charge in [0.05, 0.1) is 0 Å². The van der Waals surface area contributed by atoms with Gasteiger partial charge in [-0.3, -0.25) is 0 Å². The lowest BCUT2D eigenvalue weighted by Crippen LogP contribution is -2.19. The zero-order valence-corrected chi connectivity index (χ0v) is 9.38. The van der Waals surface area contributed by atoms with E-state index in [0.29, 0.717) is 0 Å². The zero-order valence-electron chi connectivity index (χ0n) is 8.56. The first kappa shape index (κ1) is 12.3. The lowest BCUT2D eigenvalue weighted by atomic mass is 10.2. The molecule has 1 radical (unpaired) electrons. The van der Waals surface area contributed by atoms with Gasteiger partial charge in [-0.05, 0) is 26.0 Å². The number of hydrogen-bond acceptors (Lipinski definition) is 1. The van der Waals surface area contributed by atoms with Gasteiger partial charge in [0.2, 0.25) is 0 Å². The van der Waals surface area contributed by atoms with E-state index in [0.717, 1.165) is 11.5 Å². The van der Waals surface area contributed by atoms with Crippen molar-refractivity contribution in [3.05, 3.63) is 0 Å². The second-order valence-corrected chi connectivity index (χ2v) is 4.98. The van der Waals surface area contributed by atoms with Gasteiger partial charge in [-0.2, -0.15) is 11.8 Å². The summed E-state index contributed by atoms with van der Waals surface area (Å²) in [6, 6.07) is 0. The number of rotatable bonds is 7. The van der Waals surface area contributed by atoms with Crippen molar-refractivity contribution in [2.45, 2.75) is 52.1 Å². The smallest absolute Gasteiger partial charge is 0.107 e. The third-order valence-electron chi connectivity index (χ3n) is 1.59. The van der Waals surface area contributed by atoms with Gasteiger partial charge in [0.15, 0.2) is 0 Å². The van der Waals surface area contributed by atoms with Gasteiger partial charge < -0.3 is 0 Å². The molecule has 0 aliphatic carbocycles. The van der Waals surface area contributed by atoms with Crippen LogP contribution in [0.1, 0.15) is 46.5 Å². The highest BCUT2D eigenvalue weighted by Crippen LogP contribution is 2.14. The van der Waals surface area contributed by atoms with Crippen LogP contribution in [0, 0.1) is 0 Å². The molecule has 0 bridgehead atoms. The minimum absolute atomic E-state index is 0.741. The van der Waals surface area contributed by atoms with Crippen molar-refractivity contribution in [1.29, 1.82) is 0 Å². The Hall–Kier alpha value is 0.310. The topological polar surface area (TPSA) is 19.9 Å². The predicted molar refractivity (Wildman–Crippen MR) is 56.2 cm³/mol. The van der Waals surface area contributed by atoms with Gasteiger partial charge in [0.25, 0.3) is 0 Å². The Labute approximate surface area is 80.9 Å². The fourth-order valence-electron chi connectivity index (χ4n) is 0.949. The van der Waals surface area contributed by atoms with E-state index in [1.165, 1.54) is 25.7 Å². The molecule has 0 atom stereocenters. The van der Waals surface area contributed by atoms with E-state index in [9.17, 15) is 5.11 Å². The summed E-state index contributed by atoms with van der Waals surface area (Å²) in [7, 11) is 0. The molecule has 0 saturated carbocycles. The van der Waals surface area contributed by atoms with Gasteiger partial charge in [-0.25, -0.2) is 5.11 Å². The molecule has 0 saturated heterocycles. The highest BCUT2D eigenvalue weighted by molar-refractivity contribution is 7.99. The van der Waals surface area contributed by atoms with E-state index in [-0.39, 0.29) is 0 Å². The fourth-order valence-corrected chi connectivity index (χ4v) is 1.99. The molecule has 0 aromatic rings. The largest absolute Gasteiger partial charge is 0.229 e. The van der Waals surface area contributed by atoms with Crippen LogP contribution < -0.4 is 0 Å². The average molecular weight is 189 g/mol. The molecular weight excluding hydrogens is 168 g/mol. The van der Waals surface area contributed by atoms with Crippen LogP contribution in [0.25, 0.3) is 0 Å². The van der Waals surface area contributed by atoms with Crippen LogP contribution in [0.2, 0.25) is 0 Å². The van der Waals surface area contributed by atoms with Crippen molar-refractivity contribution >= 4 is 11.8 Å². The Balaban J connectivity index is 3.01. The van der Waals surface area contributed by atoms with E-state index in [1.807, 2.05) is 0 Å². The van der Waals surface area contributed by atoms with Crippen molar-refractivity contribution in [2.75, 3.05) is 11.5 Å². The van der Waals surface area contributed by atoms with Gasteiger partial charge in [0, 0.05) is 5.75 Å². The summed E-state index contributed by atoms with van der Waals surface area (Å²) in [5.41, 5.74) is -0.741. The normalized spacial score (nSPS) is 12.0. The first-order valence-corrected chi connectivity index (χ1v) is 6.00. The summed E-state index contributed by atoms with van der Waals surface area (Å²) in [6.45, 7) is 5.73. The second-order valence-electron chi connectivity index (χ2n) is 3.87. The molecule has 0 heterocycles. The van der Waals surface area contributed by atoms with Crippen LogP contribution in [0.5, 0.6) is 0 Å². The van der Waals surface area contributed by atoms with Gasteiger partial charge in [-0.1, -0.05) is 26.2 Å². The molecule has 2 heteroatoms. The molecule has 0 fully saturated rings. The van der Waals surface area contributed by atoms with Crippen LogP contribution in [-0.2, 0) is 5.11 Å². The fraction of sp³-hybridized carbons (Fsp3) is 1.00. The number of unbranched alkanes of at least 4 members (excludes halogenated alkanes) is 3. The minimum atomic E-state index is -0.741. The summed E-state index contributed by atoms with van der Waals surface area (Å²) in [6.07, 6.45) is 5.22. The SMILES string of the molecule is CCCCCCSCC(C)(C)[O]. The summed E-state index contributed by atoms with van der Waals surface area (Å²) >= 11 is 1.80. The molecule has 0 N–H and O–H groups in total. The molecule has 73 valence electrons. The maximum atomic E-state index is 11.2. The van der Waals surface area contributed by atoms with E-state index in [1.54, 1.807) is 25.6 Å². The number of thioether (sulfide) groups is 1. The van der Waals surface area contributed by atoms with Crippen LogP contribution in [-0.4, -0.2) is 17.1 Å². The third-order valence-corrected chi connectivity index (χ3v) is 3.07. The third kappa shape index (κ3) is 10.3. The maximum absolute atomic E-state index is 11.2. The minimum Gasteiger partial charge on any atom is -0.229 e. The van der Waals surface area contributed by atoms with E-state index in [2.05, 4.69) is 6.92 Å². The molecule has 12 heavy (non-hydrogen) atoms. The lowest BCUT2D eigenvalue weighted by molar-refractivity contribution is 0.0264. The van der Waals surface area contributed by atoms with Crippen molar-refractivity contribution in [3.63, 3.8) is 0 Å². The van der Waals surface area contributed by atoms with E-state index < -0.39 is 5.60 Å². The average Bonchev–Trinajstić information content (AvgIpc) is 1.94. The molecule has 0 aromatic carbocycles. The lowest BCUT2D eigenvalue weighted by Gasteiger charge is -2.12. The monoisotopic (exact) mass is 189 g/mol. The van der Waals surface area contributed by atoms with Crippen LogP contribution in [0.3, 0.4) is 0 Å². The molecule has 0 amide bonds. The maximum Gasteiger partial charge on any atom is 0.107 e. The molecule has 0 aliphatic heterocycles. The Bertz CT molecular complexity index is 96.5. The van der Waals surface area contributed by atoms with Gasteiger partial charge in [0.1, 0.15) is 5.60 Å². The van der Waals surface area contributed by atoms with Gasteiger partial charge >= 0.3 is 0 Å². The van der Waals surface area contributed by atoms with Gasteiger partial charge in [-0.15, -0.1) is 0 Å². The summed E-state index contributed by atoms with van der Waals surface area (Å²) in [5.74, 6) is 1.91. The number of hydrogen-bond donors (Lipinski definition) is 0. The highest BCUT2D eigenvalue weighted by Gasteiger charge is 2.13. The molecular formula is C10H21OS. The van der Waals surface area contributed by atoms with Crippen LogP contribution in [0.4, 0.5) is 0 Å². The van der Waals surface area contributed by atoms with Crippen molar-refractivity contribution in [3.8, 4) is 0 Å². The predicted octanol–water partition coefficient (Wildman–Crippen LogP) is 3.51.